The molecule has 0 saturated heterocycles. The van der Waals surface area contributed by atoms with E-state index in [0.717, 1.165) is 5.56 Å². The van der Waals surface area contributed by atoms with Gasteiger partial charge in [0.15, 0.2) is 0 Å². The zero-order chi connectivity index (χ0) is 16.7. The number of ether oxygens (including phenoxy) is 1. The summed E-state index contributed by atoms with van der Waals surface area (Å²) in [7, 11) is 1.55. The molecule has 2 N–H and O–H groups in total. The van der Waals surface area contributed by atoms with Gasteiger partial charge in [0, 0.05) is 11.6 Å². The van der Waals surface area contributed by atoms with Gasteiger partial charge in [-0.15, -0.1) is 0 Å². The summed E-state index contributed by atoms with van der Waals surface area (Å²) in [5.41, 5.74) is 4.59. The van der Waals surface area contributed by atoms with Gasteiger partial charge < -0.3 is 10.1 Å². The lowest BCUT2D eigenvalue weighted by molar-refractivity contribution is -0.124. The van der Waals surface area contributed by atoms with Gasteiger partial charge in [-0.05, 0) is 31.5 Å². The molecule has 22 heavy (non-hydrogen) atoms. The first-order valence-electron chi connectivity index (χ1n) is 7.11. The molecule has 6 heteroatoms. The van der Waals surface area contributed by atoms with Crippen molar-refractivity contribution in [2.45, 2.75) is 34.1 Å². The fourth-order valence-electron chi connectivity index (χ4n) is 1.67. The summed E-state index contributed by atoms with van der Waals surface area (Å²) in [5.74, 6) is 0.0487. The number of carbonyl (C=O) groups is 2. The van der Waals surface area contributed by atoms with Crippen LogP contribution in [0.15, 0.2) is 23.3 Å². The maximum Gasteiger partial charge on any atom is 0.242 e. The van der Waals surface area contributed by atoms with E-state index in [-0.39, 0.29) is 24.2 Å². The van der Waals surface area contributed by atoms with E-state index in [1.54, 1.807) is 33.9 Å². The van der Waals surface area contributed by atoms with E-state index in [1.165, 1.54) is 0 Å². The zero-order valence-electron chi connectivity index (χ0n) is 13.7. The van der Waals surface area contributed by atoms with Gasteiger partial charge in [0.05, 0.1) is 19.2 Å². The second-order valence-corrected chi connectivity index (χ2v) is 5.41. The molecule has 0 saturated carbocycles. The average Bonchev–Trinajstić information content (AvgIpc) is 2.44. The summed E-state index contributed by atoms with van der Waals surface area (Å²) in [6.45, 7) is 7.17. The number of nitrogens with zero attached hydrogens (tertiary/aromatic N) is 1. The number of nitrogens with one attached hydrogen (secondary N) is 2. The van der Waals surface area contributed by atoms with E-state index < -0.39 is 0 Å². The molecule has 0 bridgehead atoms. The molecule has 6 nitrogen and oxygen atoms in total. The minimum Gasteiger partial charge on any atom is -0.495 e. The largest absolute Gasteiger partial charge is 0.495 e. The smallest absolute Gasteiger partial charge is 0.242 e. The quantitative estimate of drug-likeness (QED) is 0.626. The van der Waals surface area contributed by atoms with Gasteiger partial charge in [0.2, 0.25) is 11.8 Å². The molecule has 0 aromatic heterocycles. The van der Waals surface area contributed by atoms with Gasteiger partial charge in [-0.3, -0.25) is 9.59 Å². The first-order valence-corrected chi connectivity index (χ1v) is 7.11. The summed E-state index contributed by atoms with van der Waals surface area (Å²) in [5, 5.41) is 6.70. The molecule has 1 aromatic carbocycles. The third-order valence-corrected chi connectivity index (χ3v) is 2.93. The van der Waals surface area contributed by atoms with Crippen molar-refractivity contribution in [1.82, 2.24) is 5.43 Å². The molecule has 0 unspecified atom stereocenters. The second kappa shape index (κ2) is 8.17. The molecule has 0 aliphatic carbocycles. The van der Waals surface area contributed by atoms with Gasteiger partial charge >= 0.3 is 0 Å². The van der Waals surface area contributed by atoms with Crippen molar-refractivity contribution in [3.8, 4) is 5.75 Å². The number of carbonyl (C=O) groups excluding carboxylic acids is 2. The number of amides is 2. The van der Waals surface area contributed by atoms with Crippen LogP contribution in [0.4, 0.5) is 5.69 Å². The van der Waals surface area contributed by atoms with Gasteiger partial charge in [0.25, 0.3) is 0 Å². The van der Waals surface area contributed by atoms with Crippen molar-refractivity contribution in [2.75, 3.05) is 12.4 Å². The van der Waals surface area contributed by atoms with Crippen molar-refractivity contribution in [3.63, 3.8) is 0 Å². The Bertz CT molecular complexity index is 580. The summed E-state index contributed by atoms with van der Waals surface area (Å²) >= 11 is 0. The zero-order valence-corrected chi connectivity index (χ0v) is 13.7. The van der Waals surface area contributed by atoms with Crippen molar-refractivity contribution in [1.29, 1.82) is 0 Å². The summed E-state index contributed by atoms with van der Waals surface area (Å²) in [6, 6.07) is 5.54. The van der Waals surface area contributed by atoms with Crippen molar-refractivity contribution >= 4 is 23.2 Å². The Labute approximate surface area is 130 Å². The van der Waals surface area contributed by atoms with Crippen LogP contribution in [-0.2, 0) is 9.59 Å². The Balaban J connectivity index is 2.65. The van der Waals surface area contributed by atoms with E-state index in [0.29, 0.717) is 17.1 Å². The number of hydrogen-bond acceptors (Lipinski definition) is 4. The molecule has 0 aliphatic heterocycles. The SMILES string of the molecule is COc1ccc(C)cc1NC(=O)CC(C)=NNC(=O)C(C)C. The average molecular weight is 305 g/mol. The Morgan fingerprint density at radius 1 is 1.32 bits per heavy atom. The number of benzene rings is 1. The molecule has 0 atom stereocenters. The van der Waals surface area contributed by atoms with Crippen molar-refractivity contribution in [2.24, 2.45) is 11.0 Å². The number of anilines is 1. The second-order valence-electron chi connectivity index (χ2n) is 5.41. The van der Waals surface area contributed by atoms with E-state index in [4.69, 9.17) is 4.74 Å². The van der Waals surface area contributed by atoms with Crippen LogP contribution in [0.1, 0.15) is 32.8 Å². The first-order chi connectivity index (χ1) is 10.3. The molecule has 0 spiro atoms. The predicted molar refractivity (Wildman–Crippen MR) is 87.1 cm³/mol. The number of methoxy groups -OCH3 is 1. The van der Waals surface area contributed by atoms with Crippen LogP contribution in [0, 0.1) is 12.8 Å². The normalized spacial score (nSPS) is 11.3. The van der Waals surface area contributed by atoms with Crippen LogP contribution >= 0.6 is 0 Å². The van der Waals surface area contributed by atoms with Gasteiger partial charge in [-0.25, -0.2) is 5.43 Å². The molecule has 120 valence electrons. The highest BCUT2D eigenvalue weighted by atomic mass is 16.5. The maximum absolute atomic E-state index is 12.0. The monoisotopic (exact) mass is 305 g/mol. The Kier molecular flexibility index (Phi) is 6.56. The van der Waals surface area contributed by atoms with Gasteiger partial charge in [-0.2, -0.15) is 5.10 Å². The van der Waals surface area contributed by atoms with Crippen LogP contribution in [0.3, 0.4) is 0 Å². The first kappa shape index (κ1) is 17.7. The highest BCUT2D eigenvalue weighted by Gasteiger charge is 2.10. The van der Waals surface area contributed by atoms with Crippen molar-refractivity contribution in [3.05, 3.63) is 23.8 Å². The Hall–Kier alpha value is -2.37. The van der Waals surface area contributed by atoms with Gasteiger partial charge in [0.1, 0.15) is 5.75 Å². The topological polar surface area (TPSA) is 79.8 Å². The highest BCUT2D eigenvalue weighted by Crippen LogP contribution is 2.25. The van der Waals surface area contributed by atoms with Crippen molar-refractivity contribution < 1.29 is 14.3 Å². The van der Waals surface area contributed by atoms with E-state index in [1.807, 2.05) is 19.1 Å². The Morgan fingerprint density at radius 3 is 2.59 bits per heavy atom. The van der Waals surface area contributed by atoms with E-state index in [9.17, 15) is 9.59 Å². The minimum absolute atomic E-state index is 0.0927. The van der Waals surface area contributed by atoms with Crippen LogP contribution in [0.25, 0.3) is 0 Å². The molecular weight excluding hydrogens is 282 g/mol. The lowest BCUT2D eigenvalue weighted by Gasteiger charge is -2.11. The summed E-state index contributed by atoms with van der Waals surface area (Å²) < 4.78 is 5.21. The van der Waals surface area contributed by atoms with E-state index in [2.05, 4.69) is 15.8 Å². The molecular formula is C16H23N3O3. The fraction of sp³-hybridized carbons (Fsp3) is 0.438. The molecule has 0 aliphatic rings. The number of hydrogen-bond donors (Lipinski definition) is 2. The van der Waals surface area contributed by atoms with Crippen LogP contribution in [-0.4, -0.2) is 24.6 Å². The maximum atomic E-state index is 12.0. The summed E-state index contributed by atoms with van der Waals surface area (Å²) in [4.78, 5) is 23.4. The third kappa shape index (κ3) is 5.55. The third-order valence-electron chi connectivity index (χ3n) is 2.93. The number of hydrazone groups is 1. The standard InChI is InChI=1S/C16H23N3O3/c1-10(2)16(21)19-18-12(4)9-15(20)17-13-8-11(3)6-7-14(13)22-5/h6-8,10H,9H2,1-5H3,(H,17,20)(H,19,21). The molecule has 2 amide bonds. The lowest BCUT2D eigenvalue weighted by Crippen LogP contribution is -2.25. The van der Waals surface area contributed by atoms with Crippen LogP contribution < -0.4 is 15.5 Å². The number of rotatable bonds is 6. The van der Waals surface area contributed by atoms with Gasteiger partial charge in [-0.1, -0.05) is 19.9 Å². The molecule has 1 rings (SSSR count). The van der Waals surface area contributed by atoms with Crippen LogP contribution in [0.5, 0.6) is 5.75 Å². The molecule has 1 aromatic rings. The van der Waals surface area contributed by atoms with Crippen LogP contribution in [0.2, 0.25) is 0 Å². The molecule has 0 radical (unpaired) electrons. The lowest BCUT2D eigenvalue weighted by atomic mass is 10.2. The molecule has 0 heterocycles. The highest BCUT2D eigenvalue weighted by molar-refractivity contribution is 6.06. The number of aryl methyl sites for hydroxylation is 1. The summed E-state index contributed by atoms with van der Waals surface area (Å²) in [6.07, 6.45) is 0.0927. The minimum atomic E-state index is -0.219. The fourth-order valence-corrected chi connectivity index (χ4v) is 1.67. The Morgan fingerprint density at radius 2 is 2.00 bits per heavy atom. The molecule has 0 fully saturated rings. The predicted octanol–water partition coefficient (Wildman–Crippen LogP) is 2.48. The van der Waals surface area contributed by atoms with E-state index >= 15 is 0 Å².